The van der Waals surface area contributed by atoms with E-state index in [2.05, 4.69) is 41.4 Å². The van der Waals surface area contributed by atoms with Crippen LogP contribution in [0.5, 0.6) is 5.75 Å². The Morgan fingerprint density at radius 3 is 2.24 bits per heavy atom. The van der Waals surface area contributed by atoms with Crippen molar-refractivity contribution in [3.63, 3.8) is 0 Å². The van der Waals surface area contributed by atoms with Crippen molar-refractivity contribution in [2.75, 3.05) is 19.8 Å². The molecular formula is C26H23N3O4. The van der Waals surface area contributed by atoms with Crippen LogP contribution in [0.15, 0.2) is 72.8 Å². The fraction of sp³-hybridized carbons (Fsp3) is 0.154. The number of rotatable bonds is 6. The van der Waals surface area contributed by atoms with Crippen LogP contribution in [0.2, 0.25) is 0 Å². The number of hydrogen-bond donors (Lipinski definition) is 3. The molecule has 0 aliphatic heterocycles. The molecule has 0 saturated heterocycles. The molecule has 1 aliphatic rings. The van der Waals surface area contributed by atoms with Gasteiger partial charge in [0.2, 0.25) is 0 Å². The molecule has 3 aromatic rings. The van der Waals surface area contributed by atoms with Gasteiger partial charge in [-0.25, -0.2) is 10.6 Å². The summed E-state index contributed by atoms with van der Waals surface area (Å²) in [5, 5.41) is 2.65. The smallest absolute Gasteiger partial charge is 0.407 e. The van der Waals surface area contributed by atoms with E-state index in [-0.39, 0.29) is 25.7 Å². The van der Waals surface area contributed by atoms with Crippen molar-refractivity contribution in [3.8, 4) is 28.7 Å². The van der Waals surface area contributed by atoms with Crippen molar-refractivity contribution in [1.29, 1.82) is 0 Å². The fourth-order valence-corrected chi connectivity index (χ4v) is 3.79. The third-order valence-corrected chi connectivity index (χ3v) is 5.29. The highest BCUT2D eigenvalue weighted by molar-refractivity contribution is 5.79. The molecule has 33 heavy (non-hydrogen) atoms. The first-order valence-corrected chi connectivity index (χ1v) is 10.5. The second-order valence-electron chi connectivity index (χ2n) is 7.33. The minimum atomic E-state index is -0.532. The van der Waals surface area contributed by atoms with Gasteiger partial charge in [-0.15, -0.1) is 0 Å². The molecule has 7 heteroatoms. The summed E-state index contributed by atoms with van der Waals surface area (Å²) in [7, 11) is 0. The normalized spacial score (nSPS) is 11.4. The Kier molecular flexibility index (Phi) is 6.88. The standard InChI is InChI=1S/C26H23N3O4/c27-29-25(30)17-32-24-14-6-1-8-18(24)9-7-15-28-26(31)33-16-23-21-12-4-2-10-19(21)20-11-3-5-13-22(20)23/h1-6,8,10-14,23H,15-17,27H2,(H,28,31)(H,29,30). The van der Waals surface area contributed by atoms with Crippen LogP contribution in [-0.2, 0) is 9.53 Å². The molecule has 0 atom stereocenters. The first-order chi connectivity index (χ1) is 16.2. The summed E-state index contributed by atoms with van der Waals surface area (Å²) >= 11 is 0. The van der Waals surface area contributed by atoms with Crippen molar-refractivity contribution in [3.05, 3.63) is 89.5 Å². The Morgan fingerprint density at radius 1 is 0.909 bits per heavy atom. The average molecular weight is 441 g/mol. The minimum Gasteiger partial charge on any atom is -0.482 e. The minimum absolute atomic E-state index is 0.00369. The first kappa shape index (κ1) is 21.9. The van der Waals surface area contributed by atoms with E-state index in [0.29, 0.717) is 11.3 Å². The van der Waals surface area contributed by atoms with Gasteiger partial charge in [0.05, 0.1) is 12.1 Å². The van der Waals surface area contributed by atoms with E-state index in [9.17, 15) is 9.59 Å². The maximum absolute atomic E-state index is 12.2. The molecule has 0 spiro atoms. The monoisotopic (exact) mass is 441 g/mol. The molecule has 0 unspecified atom stereocenters. The fourth-order valence-electron chi connectivity index (χ4n) is 3.79. The summed E-state index contributed by atoms with van der Waals surface area (Å²) in [6, 6.07) is 23.4. The van der Waals surface area contributed by atoms with Gasteiger partial charge in [-0.05, 0) is 34.4 Å². The number of fused-ring (bicyclic) bond motifs is 3. The van der Waals surface area contributed by atoms with Crippen LogP contribution < -0.4 is 21.3 Å². The third-order valence-electron chi connectivity index (χ3n) is 5.29. The van der Waals surface area contributed by atoms with Crippen LogP contribution in [0, 0.1) is 11.8 Å². The Bertz CT molecular complexity index is 1180. The quantitative estimate of drug-likeness (QED) is 0.236. The van der Waals surface area contributed by atoms with Crippen LogP contribution in [-0.4, -0.2) is 31.8 Å². The van der Waals surface area contributed by atoms with Crippen LogP contribution >= 0.6 is 0 Å². The summed E-state index contributed by atoms with van der Waals surface area (Å²) in [5.41, 5.74) is 7.27. The van der Waals surface area contributed by atoms with Crippen molar-refractivity contribution in [2.24, 2.45) is 5.84 Å². The van der Waals surface area contributed by atoms with Crippen LogP contribution in [0.25, 0.3) is 11.1 Å². The maximum Gasteiger partial charge on any atom is 0.407 e. The van der Waals surface area contributed by atoms with Crippen LogP contribution in [0.4, 0.5) is 4.79 Å². The summed E-state index contributed by atoms with van der Waals surface area (Å²) in [5.74, 6) is 10.9. The summed E-state index contributed by atoms with van der Waals surface area (Å²) < 4.78 is 10.9. The lowest BCUT2D eigenvalue weighted by molar-refractivity contribution is -0.123. The van der Waals surface area contributed by atoms with E-state index in [1.807, 2.05) is 29.7 Å². The molecule has 2 amide bonds. The summed E-state index contributed by atoms with van der Waals surface area (Å²) in [6.07, 6.45) is -0.532. The molecule has 0 heterocycles. The zero-order chi connectivity index (χ0) is 23.0. The number of benzene rings is 3. The molecule has 1 aliphatic carbocycles. The number of alkyl carbamates (subject to hydrolysis) is 1. The lowest BCUT2D eigenvalue weighted by atomic mass is 9.98. The molecule has 0 aromatic heterocycles. The van der Waals surface area contributed by atoms with Gasteiger partial charge in [-0.1, -0.05) is 72.5 Å². The number of ether oxygens (including phenoxy) is 2. The predicted molar refractivity (Wildman–Crippen MR) is 124 cm³/mol. The first-order valence-electron chi connectivity index (χ1n) is 10.5. The zero-order valence-corrected chi connectivity index (χ0v) is 17.8. The molecule has 3 aromatic carbocycles. The molecule has 0 saturated carbocycles. The van der Waals surface area contributed by atoms with Gasteiger partial charge in [0.15, 0.2) is 6.61 Å². The van der Waals surface area contributed by atoms with Gasteiger partial charge in [0.25, 0.3) is 5.91 Å². The molecule has 4 rings (SSSR count). The number of hydrogen-bond acceptors (Lipinski definition) is 5. The van der Waals surface area contributed by atoms with Gasteiger partial charge in [-0.2, -0.15) is 0 Å². The lowest BCUT2D eigenvalue weighted by Gasteiger charge is -2.14. The molecule has 7 nitrogen and oxygen atoms in total. The van der Waals surface area contributed by atoms with Crippen LogP contribution in [0.1, 0.15) is 22.6 Å². The van der Waals surface area contributed by atoms with E-state index in [4.69, 9.17) is 15.3 Å². The van der Waals surface area contributed by atoms with Crippen molar-refractivity contribution < 1.29 is 19.1 Å². The van der Waals surface area contributed by atoms with Crippen molar-refractivity contribution >= 4 is 12.0 Å². The second kappa shape index (κ2) is 10.4. The van der Waals surface area contributed by atoms with Crippen molar-refractivity contribution in [2.45, 2.75) is 5.92 Å². The average Bonchev–Trinajstić information content (AvgIpc) is 3.18. The van der Waals surface area contributed by atoms with E-state index >= 15 is 0 Å². The SMILES string of the molecule is NNC(=O)COc1ccccc1C#CCNC(=O)OCC1c2ccccc2-c2ccccc21. The molecule has 0 fully saturated rings. The van der Waals surface area contributed by atoms with Crippen molar-refractivity contribution in [1.82, 2.24) is 10.7 Å². The van der Waals surface area contributed by atoms with Gasteiger partial charge in [0.1, 0.15) is 12.4 Å². The molecular weight excluding hydrogens is 418 g/mol. The van der Waals surface area contributed by atoms with Gasteiger partial charge in [0, 0.05) is 5.92 Å². The number of carbonyl (C=O) groups is 2. The number of para-hydroxylation sites is 1. The number of nitrogens with two attached hydrogens (primary N) is 1. The molecule has 4 N–H and O–H groups in total. The van der Waals surface area contributed by atoms with E-state index < -0.39 is 12.0 Å². The highest BCUT2D eigenvalue weighted by Gasteiger charge is 2.28. The zero-order valence-electron chi connectivity index (χ0n) is 17.8. The molecule has 0 radical (unpaired) electrons. The highest BCUT2D eigenvalue weighted by Crippen LogP contribution is 2.44. The van der Waals surface area contributed by atoms with E-state index in [1.54, 1.807) is 24.3 Å². The maximum atomic E-state index is 12.2. The number of amides is 2. The summed E-state index contributed by atoms with van der Waals surface area (Å²) in [4.78, 5) is 23.5. The highest BCUT2D eigenvalue weighted by atomic mass is 16.5. The van der Waals surface area contributed by atoms with Gasteiger partial charge >= 0.3 is 6.09 Å². The number of carbonyl (C=O) groups excluding carboxylic acids is 2. The second-order valence-corrected chi connectivity index (χ2v) is 7.33. The number of hydrazine groups is 1. The predicted octanol–water partition coefficient (Wildman–Crippen LogP) is 2.95. The van der Waals surface area contributed by atoms with E-state index in [1.165, 1.54) is 11.1 Å². The Hall–Kier alpha value is -4.28. The topological polar surface area (TPSA) is 103 Å². The third kappa shape index (κ3) is 5.14. The van der Waals surface area contributed by atoms with Crippen LogP contribution in [0.3, 0.4) is 0 Å². The summed E-state index contributed by atoms with van der Waals surface area (Å²) in [6.45, 7) is 0.134. The Balaban J connectivity index is 1.32. The van der Waals surface area contributed by atoms with E-state index in [0.717, 1.165) is 11.1 Å². The Morgan fingerprint density at radius 2 is 1.55 bits per heavy atom. The number of nitrogens with one attached hydrogen (secondary N) is 2. The Labute approximate surface area is 191 Å². The van der Waals surface area contributed by atoms with Gasteiger partial charge in [-0.3, -0.25) is 10.2 Å². The lowest BCUT2D eigenvalue weighted by Crippen LogP contribution is -2.34. The van der Waals surface area contributed by atoms with Gasteiger partial charge < -0.3 is 14.8 Å². The molecule has 166 valence electrons. The largest absolute Gasteiger partial charge is 0.482 e. The molecule has 0 bridgehead atoms.